The van der Waals surface area contributed by atoms with Gasteiger partial charge in [-0.1, -0.05) is 23.7 Å². The zero-order valence-corrected chi connectivity index (χ0v) is 11.1. The lowest BCUT2D eigenvalue weighted by atomic mass is 10.3. The summed E-state index contributed by atoms with van der Waals surface area (Å²) >= 11 is 6.10. The molecule has 0 unspecified atom stereocenters. The molecule has 0 amide bonds. The number of rotatable bonds is 3. The molecule has 0 saturated carbocycles. The summed E-state index contributed by atoms with van der Waals surface area (Å²) in [5, 5.41) is 3.69. The number of halogens is 1. The zero-order chi connectivity index (χ0) is 13.9. The molecule has 0 aliphatic carbocycles. The van der Waals surface area contributed by atoms with Crippen LogP contribution in [-0.2, 0) is 0 Å². The number of nitrogen functional groups attached to an aromatic ring is 1. The maximum Gasteiger partial charge on any atom is 0.166 e. The highest BCUT2D eigenvalue weighted by Gasteiger charge is 2.10. The van der Waals surface area contributed by atoms with Crippen LogP contribution >= 0.6 is 11.6 Å². The van der Waals surface area contributed by atoms with Gasteiger partial charge in [-0.3, -0.25) is 4.57 Å². The van der Waals surface area contributed by atoms with Crippen LogP contribution in [0.1, 0.15) is 0 Å². The van der Waals surface area contributed by atoms with Gasteiger partial charge in [0.05, 0.1) is 10.7 Å². The number of nitrogens with one attached hydrogen (secondary N) is 1. The smallest absolute Gasteiger partial charge is 0.166 e. The van der Waals surface area contributed by atoms with Crippen LogP contribution in [0.25, 0.3) is 5.82 Å². The average molecular weight is 287 g/mol. The van der Waals surface area contributed by atoms with Gasteiger partial charge in [0.1, 0.15) is 18.3 Å². The highest BCUT2D eigenvalue weighted by atomic mass is 35.5. The lowest BCUT2D eigenvalue weighted by Crippen LogP contribution is -2.06. The Bertz CT molecular complexity index is 725. The molecule has 0 fully saturated rings. The second kappa shape index (κ2) is 5.18. The molecule has 100 valence electrons. The molecule has 3 aromatic rings. The van der Waals surface area contributed by atoms with E-state index in [1.165, 1.54) is 6.33 Å². The standard InChI is InChI=1S/C13H11ClN6/c14-9-3-1-2-4-10(9)19-12-11(15)13(18-7-17-12)20-6-5-16-8-20/h1-8H,15H2,(H,17,18,19). The molecule has 0 radical (unpaired) electrons. The molecule has 3 N–H and O–H groups in total. The molecule has 7 heteroatoms. The highest BCUT2D eigenvalue weighted by Crippen LogP contribution is 2.28. The Balaban J connectivity index is 1.99. The molecule has 0 atom stereocenters. The zero-order valence-electron chi connectivity index (χ0n) is 10.4. The van der Waals surface area contributed by atoms with E-state index in [1.807, 2.05) is 18.2 Å². The average Bonchev–Trinajstić information content (AvgIpc) is 2.97. The lowest BCUT2D eigenvalue weighted by Gasteiger charge is -2.12. The van der Waals surface area contributed by atoms with Crippen molar-refractivity contribution in [2.45, 2.75) is 0 Å². The van der Waals surface area contributed by atoms with Crippen molar-refractivity contribution in [3.8, 4) is 5.82 Å². The van der Waals surface area contributed by atoms with Gasteiger partial charge >= 0.3 is 0 Å². The minimum absolute atomic E-state index is 0.422. The third-order valence-corrected chi connectivity index (χ3v) is 3.07. The Hall–Kier alpha value is -2.60. The van der Waals surface area contributed by atoms with Gasteiger partial charge in [0.2, 0.25) is 0 Å². The molecule has 0 aliphatic heterocycles. The van der Waals surface area contributed by atoms with Gasteiger partial charge in [0.15, 0.2) is 11.6 Å². The third kappa shape index (κ3) is 2.28. The van der Waals surface area contributed by atoms with Crippen molar-refractivity contribution in [1.82, 2.24) is 19.5 Å². The van der Waals surface area contributed by atoms with E-state index in [2.05, 4.69) is 20.3 Å². The van der Waals surface area contributed by atoms with Crippen molar-refractivity contribution in [2.75, 3.05) is 11.1 Å². The molecule has 3 rings (SSSR count). The fourth-order valence-corrected chi connectivity index (χ4v) is 1.95. The van der Waals surface area contributed by atoms with Gasteiger partial charge < -0.3 is 11.1 Å². The Morgan fingerprint density at radius 3 is 2.80 bits per heavy atom. The summed E-state index contributed by atoms with van der Waals surface area (Å²) in [7, 11) is 0. The summed E-state index contributed by atoms with van der Waals surface area (Å²) in [6, 6.07) is 7.37. The van der Waals surface area contributed by atoms with Crippen LogP contribution in [0, 0.1) is 0 Å². The van der Waals surface area contributed by atoms with Gasteiger partial charge in [-0.25, -0.2) is 15.0 Å². The number of aromatic nitrogens is 4. The van der Waals surface area contributed by atoms with E-state index in [-0.39, 0.29) is 0 Å². The number of imidazole rings is 1. The van der Waals surface area contributed by atoms with Gasteiger partial charge in [-0.05, 0) is 12.1 Å². The Morgan fingerprint density at radius 1 is 1.20 bits per heavy atom. The third-order valence-electron chi connectivity index (χ3n) is 2.74. The highest BCUT2D eigenvalue weighted by molar-refractivity contribution is 6.33. The molecule has 0 bridgehead atoms. The minimum atomic E-state index is 0.422. The van der Waals surface area contributed by atoms with Crippen molar-refractivity contribution < 1.29 is 0 Å². The quantitative estimate of drug-likeness (QED) is 0.773. The first-order valence-corrected chi connectivity index (χ1v) is 6.24. The van der Waals surface area contributed by atoms with Gasteiger partial charge in [-0.15, -0.1) is 0 Å². The Morgan fingerprint density at radius 2 is 2.05 bits per heavy atom. The van der Waals surface area contributed by atoms with Gasteiger partial charge in [0, 0.05) is 12.4 Å². The Kier molecular flexibility index (Phi) is 3.22. The molecule has 2 aromatic heterocycles. The second-order valence-electron chi connectivity index (χ2n) is 4.03. The molecule has 1 aromatic carbocycles. The Labute approximate surface area is 120 Å². The predicted octanol–water partition coefficient (Wildman–Crippen LogP) is 2.64. The number of nitrogens with zero attached hydrogens (tertiary/aromatic N) is 4. The SMILES string of the molecule is Nc1c(Nc2ccccc2Cl)ncnc1-n1ccnc1. The number of hydrogen-bond acceptors (Lipinski definition) is 5. The van der Waals surface area contributed by atoms with Crippen LogP contribution in [0.5, 0.6) is 0 Å². The van der Waals surface area contributed by atoms with Crippen molar-refractivity contribution in [3.63, 3.8) is 0 Å². The van der Waals surface area contributed by atoms with Crippen molar-refractivity contribution in [2.24, 2.45) is 0 Å². The van der Waals surface area contributed by atoms with Crippen LogP contribution < -0.4 is 11.1 Å². The molecule has 0 saturated heterocycles. The molecular weight excluding hydrogens is 276 g/mol. The summed E-state index contributed by atoms with van der Waals surface area (Å²) in [5.74, 6) is 1.06. The van der Waals surface area contributed by atoms with Crippen LogP contribution in [0.15, 0.2) is 49.3 Å². The first-order valence-electron chi connectivity index (χ1n) is 5.86. The molecule has 6 nitrogen and oxygen atoms in total. The predicted molar refractivity (Wildman–Crippen MR) is 78.3 cm³/mol. The van der Waals surface area contributed by atoms with E-state index in [0.29, 0.717) is 22.3 Å². The van der Waals surface area contributed by atoms with E-state index >= 15 is 0 Å². The van der Waals surface area contributed by atoms with Crippen molar-refractivity contribution >= 4 is 28.8 Å². The normalized spacial score (nSPS) is 10.4. The maximum absolute atomic E-state index is 6.10. The first-order chi connectivity index (χ1) is 9.75. The van der Waals surface area contributed by atoms with E-state index in [4.69, 9.17) is 17.3 Å². The summed E-state index contributed by atoms with van der Waals surface area (Å²) in [4.78, 5) is 12.3. The molecule has 0 spiro atoms. The summed E-state index contributed by atoms with van der Waals surface area (Å²) in [5.41, 5.74) is 7.25. The molecule has 2 heterocycles. The number of anilines is 3. The van der Waals surface area contributed by atoms with Crippen LogP contribution in [0.4, 0.5) is 17.2 Å². The monoisotopic (exact) mass is 286 g/mol. The summed E-state index contributed by atoms with van der Waals surface area (Å²) in [6.07, 6.45) is 6.48. The fourth-order valence-electron chi connectivity index (χ4n) is 1.77. The van der Waals surface area contributed by atoms with E-state index in [1.54, 1.807) is 29.4 Å². The van der Waals surface area contributed by atoms with Crippen molar-refractivity contribution in [1.29, 1.82) is 0 Å². The van der Waals surface area contributed by atoms with E-state index in [9.17, 15) is 0 Å². The number of para-hydroxylation sites is 1. The van der Waals surface area contributed by atoms with E-state index < -0.39 is 0 Å². The minimum Gasteiger partial charge on any atom is -0.393 e. The number of benzene rings is 1. The molecular formula is C13H11ClN6. The van der Waals surface area contributed by atoms with E-state index in [0.717, 1.165) is 5.69 Å². The number of hydrogen-bond donors (Lipinski definition) is 2. The second-order valence-corrected chi connectivity index (χ2v) is 4.44. The van der Waals surface area contributed by atoms with Crippen LogP contribution in [0.2, 0.25) is 5.02 Å². The fraction of sp³-hybridized carbons (Fsp3) is 0. The topological polar surface area (TPSA) is 81.6 Å². The van der Waals surface area contributed by atoms with Gasteiger partial charge in [0.25, 0.3) is 0 Å². The first kappa shape index (κ1) is 12.4. The summed E-state index contributed by atoms with van der Waals surface area (Å²) in [6.45, 7) is 0. The van der Waals surface area contributed by atoms with Gasteiger partial charge in [-0.2, -0.15) is 0 Å². The largest absolute Gasteiger partial charge is 0.393 e. The van der Waals surface area contributed by atoms with Crippen molar-refractivity contribution in [3.05, 3.63) is 54.3 Å². The molecule has 0 aliphatic rings. The van der Waals surface area contributed by atoms with Crippen LogP contribution in [-0.4, -0.2) is 19.5 Å². The maximum atomic E-state index is 6.10. The molecule has 20 heavy (non-hydrogen) atoms. The van der Waals surface area contributed by atoms with Crippen LogP contribution in [0.3, 0.4) is 0 Å². The summed E-state index contributed by atoms with van der Waals surface area (Å²) < 4.78 is 1.72. The lowest BCUT2D eigenvalue weighted by molar-refractivity contribution is 0.977. The number of nitrogens with two attached hydrogens (primary N) is 1.